The highest BCUT2D eigenvalue weighted by Gasteiger charge is 2.36. The van der Waals surface area contributed by atoms with E-state index < -0.39 is 0 Å². The molecule has 1 aromatic carbocycles. The lowest BCUT2D eigenvalue weighted by atomic mass is 10.00. The summed E-state index contributed by atoms with van der Waals surface area (Å²) in [6.45, 7) is 4.69. The van der Waals surface area contributed by atoms with Gasteiger partial charge in [0.15, 0.2) is 0 Å². The molecule has 0 amide bonds. The number of nitrogens with zero attached hydrogens (tertiary/aromatic N) is 1. The lowest BCUT2D eigenvalue weighted by Gasteiger charge is -2.35. The van der Waals surface area contributed by atoms with E-state index in [0.717, 1.165) is 19.0 Å². The van der Waals surface area contributed by atoms with Crippen molar-refractivity contribution < 1.29 is 0 Å². The molecule has 1 saturated carbocycles. The summed E-state index contributed by atoms with van der Waals surface area (Å²) in [5.74, 6) is 0.906. The molecule has 1 aliphatic carbocycles. The van der Waals surface area contributed by atoms with Crippen molar-refractivity contribution in [1.82, 2.24) is 10.2 Å². The predicted molar refractivity (Wildman–Crippen MR) is 92.6 cm³/mol. The standard InChI is InChI=1S/C15H22N2S.2ClH/c1-18-14-6-4-13(5-7-14)15(12-2-3-12)17-10-8-16-9-11-17;;/h4-7,12,15-16H,2-3,8-11H2,1H3;2*1H/t15-;;/m0../s1. The summed E-state index contributed by atoms with van der Waals surface area (Å²) in [6.07, 6.45) is 4.97. The van der Waals surface area contributed by atoms with Gasteiger partial charge in [-0.15, -0.1) is 36.6 Å². The molecule has 1 atom stereocenters. The van der Waals surface area contributed by atoms with Crippen LogP contribution in [0.1, 0.15) is 24.4 Å². The number of thioether (sulfide) groups is 1. The van der Waals surface area contributed by atoms with Crippen LogP contribution in [0.15, 0.2) is 29.2 Å². The van der Waals surface area contributed by atoms with E-state index in [4.69, 9.17) is 0 Å². The summed E-state index contributed by atoms with van der Waals surface area (Å²) in [6, 6.07) is 9.91. The molecule has 0 aromatic heterocycles. The van der Waals surface area contributed by atoms with Crippen molar-refractivity contribution in [3.63, 3.8) is 0 Å². The third kappa shape index (κ3) is 4.28. The van der Waals surface area contributed by atoms with Gasteiger partial charge < -0.3 is 5.32 Å². The van der Waals surface area contributed by atoms with Gasteiger partial charge in [0.05, 0.1) is 0 Å². The van der Waals surface area contributed by atoms with E-state index in [1.165, 1.54) is 36.4 Å². The third-order valence-electron chi connectivity index (χ3n) is 4.07. The Kier molecular flexibility index (Phi) is 7.70. The minimum atomic E-state index is 0. The van der Waals surface area contributed by atoms with Crippen molar-refractivity contribution >= 4 is 36.6 Å². The molecule has 1 aromatic rings. The van der Waals surface area contributed by atoms with Gasteiger partial charge >= 0.3 is 0 Å². The van der Waals surface area contributed by atoms with Crippen molar-refractivity contribution in [3.05, 3.63) is 29.8 Å². The van der Waals surface area contributed by atoms with Gasteiger partial charge in [0.1, 0.15) is 0 Å². The Bertz CT molecular complexity index is 389. The zero-order valence-corrected chi connectivity index (χ0v) is 14.3. The predicted octanol–water partition coefficient (Wildman–Crippen LogP) is 3.61. The fourth-order valence-corrected chi connectivity index (χ4v) is 3.36. The first kappa shape index (κ1) is 18.1. The summed E-state index contributed by atoms with van der Waals surface area (Å²) in [4.78, 5) is 4.05. The Morgan fingerprint density at radius 2 is 1.70 bits per heavy atom. The number of benzene rings is 1. The second-order valence-electron chi connectivity index (χ2n) is 5.34. The number of halogens is 2. The average Bonchev–Trinajstić information content (AvgIpc) is 3.26. The maximum Gasteiger partial charge on any atom is 0.0377 e. The number of rotatable bonds is 4. The van der Waals surface area contributed by atoms with Crippen molar-refractivity contribution in [2.75, 3.05) is 32.4 Å². The molecule has 5 heteroatoms. The summed E-state index contributed by atoms with van der Waals surface area (Å²) in [5, 5.41) is 3.45. The lowest BCUT2D eigenvalue weighted by molar-refractivity contribution is 0.156. The molecule has 3 rings (SSSR count). The molecule has 2 fully saturated rings. The zero-order valence-electron chi connectivity index (χ0n) is 11.9. The largest absolute Gasteiger partial charge is 0.314 e. The van der Waals surface area contributed by atoms with Gasteiger partial charge in [-0.1, -0.05) is 12.1 Å². The highest BCUT2D eigenvalue weighted by molar-refractivity contribution is 7.98. The van der Waals surface area contributed by atoms with Crippen LogP contribution in [0, 0.1) is 5.92 Å². The van der Waals surface area contributed by atoms with Crippen LogP contribution >= 0.6 is 36.6 Å². The van der Waals surface area contributed by atoms with E-state index in [-0.39, 0.29) is 24.8 Å². The fraction of sp³-hybridized carbons (Fsp3) is 0.600. The van der Waals surface area contributed by atoms with Crippen molar-refractivity contribution in [3.8, 4) is 0 Å². The SMILES string of the molecule is CSc1ccc([C@H](C2CC2)N2CCNCC2)cc1.Cl.Cl. The zero-order chi connectivity index (χ0) is 12.4. The van der Waals surface area contributed by atoms with E-state index in [1.807, 2.05) is 11.8 Å². The quantitative estimate of drug-likeness (QED) is 0.847. The Labute approximate surface area is 138 Å². The van der Waals surface area contributed by atoms with E-state index in [9.17, 15) is 0 Å². The highest BCUT2D eigenvalue weighted by Crippen LogP contribution is 2.44. The van der Waals surface area contributed by atoms with Gasteiger partial charge in [-0.05, 0) is 42.7 Å². The third-order valence-corrected chi connectivity index (χ3v) is 4.81. The normalized spacial score (nSPS) is 20.6. The molecular formula is C15H24Cl2N2S. The van der Waals surface area contributed by atoms with Crippen LogP contribution in [0.3, 0.4) is 0 Å². The number of hydrogen-bond acceptors (Lipinski definition) is 3. The molecule has 2 nitrogen and oxygen atoms in total. The Morgan fingerprint density at radius 3 is 2.20 bits per heavy atom. The molecule has 0 radical (unpaired) electrons. The molecule has 1 N–H and O–H groups in total. The maximum absolute atomic E-state index is 3.45. The van der Waals surface area contributed by atoms with Gasteiger partial charge in [0.25, 0.3) is 0 Å². The van der Waals surface area contributed by atoms with E-state index >= 15 is 0 Å². The average molecular weight is 335 g/mol. The van der Waals surface area contributed by atoms with Gasteiger partial charge in [0.2, 0.25) is 0 Å². The first-order chi connectivity index (χ1) is 8.88. The number of piperazine rings is 1. The Hall–Kier alpha value is 0.0700. The van der Waals surface area contributed by atoms with Crippen LogP contribution in [0.2, 0.25) is 0 Å². The van der Waals surface area contributed by atoms with Crippen LogP contribution in [-0.4, -0.2) is 37.3 Å². The molecular weight excluding hydrogens is 311 g/mol. The van der Waals surface area contributed by atoms with Crippen molar-refractivity contribution in [2.45, 2.75) is 23.8 Å². The van der Waals surface area contributed by atoms with Gasteiger partial charge in [0, 0.05) is 37.1 Å². The van der Waals surface area contributed by atoms with Crippen LogP contribution in [-0.2, 0) is 0 Å². The first-order valence-corrected chi connectivity index (χ1v) is 8.19. The lowest BCUT2D eigenvalue weighted by Crippen LogP contribution is -2.45. The monoisotopic (exact) mass is 334 g/mol. The topological polar surface area (TPSA) is 15.3 Å². The van der Waals surface area contributed by atoms with Crippen LogP contribution in [0.25, 0.3) is 0 Å². The first-order valence-electron chi connectivity index (χ1n) is 6.97. The molecule has 0 unspecified atom stereocenters. The molecule has 1 saturated heterocycles. The second kappa shape index (κ2) is 8.50. The van der Waals surface area contributed by atoms with Gasteiger partial charge in [-0.2, -0.15) is 0 Å². The van der Waals surface area contributed by atoms with Crippen LogP contribution in [0.5, 0.6) is 0 Å². The van der Waals surface area contributed by atoms with Gasteiger partial charge in [-0.25, -0.2) is 0 Å². The van der Waals surface area contributed by atoms with E-state index in [1.54, 1.807) is 0 Å². The summed E-state index contributed by atoms with van der Waals surface area (Å²) >= 11 is 1.83. The molecule has 2 aliphatic rings. The minimum Gasteiger partial charge on any atom is -0.314 e. The Balaban J connectivity index is 0.000001000. The molecule has 1 aliphatic heterocycles. The molecule has 0 bridgehead atoms. The van der Waals surface area contributed by atoms with Crippen molar-refractivity contribution in [1.29, 1.82) is 0 Å². The minimum absolute atomic E-state index is 0. The van der Waals surface area contributed by atoms with E-state index in [2.05, 4.69) is 40.7 Å². The molecule has 20 heavy (non-hydrogen) atoms. The highest BCUT2D eigenvalue weighted by atomic mass is 35.5. The summed E-state index contributed by atoms with van der Waals surface area (Å²) in [7, 11) is 0. The van der Waals surface area contributed by atoms with Crippen LogP contribution in [0.4, 0.5) is 0 Å². The fourth-order valence-electron chi connectivity index (χ4n) is 2.95. The maximum atomic E-state index is 3.45. The number of nitrogens with one attached hydrogen (secondary N) is 1. The van der Waals surface area contributed by atoms with E-state index in [0.29, 0.717) is 6.04 Å². The number of hydrogen-bond donors (Lipinski definition) is 1. The summed E-state index contributed by atoms with van der Waals surface area (Å²) < 4.78 is 0. The Morgan fingerprint density at radius 1 is 1.10 bits per heavy atom. The molecule has 0 spiro atoms. The molecule has 1 heterocycles. The van der Waals surface area contributed by atoms with Crippen LogP contribution < -0.4 is 5.32 Å². The van der Waals surface area contributed by atoms with Gasteiger partial charge in [-0.3, -0.25) is 4.90 Å². The van der Waals surface area contributed by atoms with Crippen molar-refractivity contribution in [2.24, 2.45) is 5.92 Å². The summed E-state index contributed by atoms with van der Waals surface area (Å²) in [5.41, 5.74) is 1.53. The smallest absolute Gasteiger partial charge is 0.0377 e. The second-order valence-corrected chi connectivity index (χ2v) is 6.22. The molecule has 114 valence electrons.